The first-order valence-corrected chi connectivity index (χ1v) is 11.8. The van der Waals surface area contributed by atoms with E-state index >= 15 is 0 Å². The number of amides is 1. The Morgan fingerprint density at radius 1 is 1.17 bits per heavy atom. The third-order valence-corrected chi connectivity index (χ3v) is 8.22. The van der Waals surface area contributed by atoms with Crippen LogP contribution in [0.4, 0.5) is 5.69 Å². The second kappa shape index (κ2) is 7.84. The monoisotopic (exact) mass is 446 g/mol. The van der Waals surface area contributed by atoms with Gasteiger partial charge in [0, 0.05) is 25.0 Å². The molecule has 2 aromatic heterocycles. The number of hydrogen-bond acceptors (Lipinski definition) is 7. The molecule has 0 bridgehead atoms. The Labute approximate surface area is 179 Å². The molecule has 158 valence electrons. The van der Waals surface area contributed by atoms with Crippen molar-refractivity contribution in [3.63, 3.8) is 0 Å². The van der Waals surface area contributed by atoms with Crippen molar-refractivity contribution in [1.29, 1.82) is 0 Å². The maximum Gasteiger partial charge on any atom is 0.316 e. The topological polar surface area (TPSA) is 96.6 Å². The van der Waals surface area contributed by atoms with Crippen molar-refractivity contribution in [3.8, 4) is 10.7 Å². The van der Waals surface area contributed by atoms with E-state index < -0.39 is 10.0 Å². The Hall–Kier alpha value is -2.72. The van der Waals surface area contributed by atoms with Crippen LogP contribution in [-0.4, -0.2) is 49.5 Å². The summed E-state index contributed by atoms with van der Waals surface area (Å²) in [6.45, 7) is 5.05. The minimum Gasteiger partial charge on any atom is -0.334 e. The predicted octanol–water partition coefficient (Wildman–Crippen LogP) is 3.48. The number of aromatic nitrogens is 2. The van der Waals surface area contributed by atoms with Gasteiger partial charge in [-0.1, -0.05) is 22.9 Å². The van der Waals surface area contributed by atoms with Crippen molar-refractivity contribution < 1.29 is 17.7 Å². The highest BCUT2D eigenvalue weighted by atomic mass is 32.2. The number of benzene rings is 1. The summed E-state index contributed by atoms with van der Waals surface area (Å²) in [5.74, 6) is -0.143. The van der Waals surface area contributed by atoms with Gasteiger partial charge in [0.05, 0.1) is 10.6 Å². The molecule has 0 spiro atoms. The highest BCUT2D eigenvalue weighted by Crippen LogP contribution is 2.34. The second-order valence-corrected chi connectivity index (χ2v) is 10.5. The smallest absolute Gasteiger partial charge is 0.316 e. The van der Waals surface area contributed by atoms with Crippen molar-refractivity contribution in [3.05, 3.63) is 46.7 Å². The maximum absolute atomic E-state index is 13.2. The lowest BCUT2D eigenvalue weighted by Crippen LogP contribution is -2.27. The molecule has 1 saturated heterocycles. The van der Waals surface area contributed by atoms with E-state index in [4.69, 9.17) is 4.52 Å². The number of thiophene rings is 1. The summed E-state index contributed by atoms with van der Waals surface area (Å²) in [5, 5.41) is 3.90. The quantitative estimate of drug-likeness (QED) is 0.595. The summed E-state index contributed by atoms with van der Waals surface area (Å²) in [6, 6.07) is 8.81. The highest BCUT2D eigenvalue weighted by Gasteiger charge is 2.28. The fourth-order valence-corrected chi connectivity index (χ4v) is 6.02. The van der Waals surface area contributed by atoms with Crippen LogP contribution in [0, 0.1) is 13.8 Å². The van der Waals surface area contributed by atoms with Gasteiger partial charge in [0.25, 0.3) is 10.0 Å². The van der Waals surface area contributed by atoms with Gasteiger partial charge in [0.1, 0.15) is 4.90 Å². The van der Waals surface area contributed by atoms with Crippen molar-refractivity contribution in [2.24, 2.45) is 0 Å². The van der Waals surface area contributed by atoms with E-state index in [0.717, 1.165) is 18.4 Å². The molecule has 1 fully saturated rings. The standard InChI is InChI=1S/C20H22N4O4S2/c1-13-6-8-15(9-7-13)23(3)30(26,27)17-12-16(29-14(17)2)18-21-19(28-22-18)20(25)24-10-4-5-11-24/h6-9,12H,4-5,10-11H2,1-3H3. The van der Waals surface area contributed by atoms with Crippen LogP contribution in [0.3, 0.4) is 0 Å². The van der Waals surface area contributed by atoms with Gasteiger partial charge in [-0.15, -0.1) is 11.3 Å². The number of carbonyl (C=O) groups excluding carboxylic acids is 1. The molecule has 0 radical (unpaired) electrons. The Morgan fingerprint density at radius 2 is 1.83 bits per heavy atom. The summed E-state index contributed by atoms with van der Waals surface area (Å²) in [5.41, 5.74) is 1.63. The van der Waals surface area contributed by atoms with Gasteiger partial charge in [-0.25, -0.2) is 8.42 Å². The van der Waals surface area contributed by atoms with Crippen LogP contribution in [0.25, 0.3) is 10.7 Å². The molecule has 0 atom stereocenters. The van der Waals surface area contributed by atoms with Crippen LogP contribution in [-0.2, 0) is 10.0 Å². The molecule has 8 nitrogen and oxygen atoms in total. The minimum atomic E-state index is -3.76. The molecule has 0 saturated carbocycles. The first-order valence-electron chi connectivity index (χ1n) is 9.57. The Morgan fingerprint density at radius 3 is 2.50 bits per heavy atom. The molecular weight excluding hydrogens is 424 g/mol. The lowest BCUT2D eigenvalue weighted by molar-refractivity contribution is 0.0743. The first kappa shape index (κ1) is 20.5. The zero-order chi connectivity index (χ0) is 21.5. The number of likely N-dealkylation sites (tertiary alicyclic amines) is 1. The largest absolute Gasteiger partial charge is 0.334 e. The van der Waals surface area contributed by atoms with Crippen LogP contribution in [0.1, 0.15) is 34.0 Å². The highest BCUT2D eigenvalue weighted by molar-refractivity contribution is 7.93. The molecule has 0 aliphatic carbocycles. The van der Waals surface area contributed by atoms with Crippen molar-refractivity contribution in [1.82, 2.24) is 15.0 Å². The SMILES string of the molecule is Cc1ccc(N(C)S(=O)(=O)c2cc(-c3noc(C(=O)N4CCCC4)n3)sc2C)cc1. The Bertz CT molecular complexity index is 1180. The van der Waals surface area contributed by atoms with E-state index in [9.17, 15) is 13.2 Å². The van der Waals surface area contributed by atoms with Gasteiger partial charge in [0.15, 0.2) is 0 Å². The van der Waals surface area contributed by atoms with Crippen LogP contribution in [0.5, 0.6) is 0 Å². The summed E-state index contributed by atoms with van der Waals surface area (Å²) in [6.07, 6.45) is 1.93. The lowest BCUT2D eigenvalue weighted by Gasteiger charge is -2.19. The van der Waals surface area contributed by atoms with Gasteiger partial charge in [-0.3, -0.25) is 9.10 Å². The number of hydrogen-bond donors (Lipinski definition) is 0. The molecule has 3 aromatic rings. The van der Waals surface area contributed by atoms with Gasteiger partial charge in [0.2, 0.25) is 5.82 Å². The first-order chi connectivity index (χ1) is 14.3. The minimum absolute atomic E-state index is 0.0702. The van der Waals surface area contributed by atoms with E-state index in [0.29, 0.717) is 28.5 Å². The van der Waals surface area contributed by atoms with Crippen LogP contribution >= 0.6 is 11.3 Å². The number of rotatable bonds is 5. The van der Waals surface area contributed by atoms with Crippen molar-refractivity contribution >= 4 is 33.0 Å². The lowest BCUT2D eigenvalue weighted by atomic mass is 10.2. The molecule has 30 heavy (non-hydrogen) atoms. The van der Waals surface area contributed by atoms with E-state index in [2.05, 4.69) is 10.1 Å². The van der Waals surface area contributed by atoms with Crippen molar-refractivity contribution in [2.45, 2.75) is 31.6 Å². The van der Waals surface area contributed by atoms with Gasteiger partial charge >= 0.3 is 11.8 Å². The zero-order valence-electron chi connectivity index (χ0n) is 17.0. The van der Waals surface area contributed by atoms with E-state index in [-0.39, 0.29) is 22.5 Å². The fraction of sp³-hybridized carbons (Fsp3) is 0.350. The Kier molecular flexibility index (Phi) is 5.37. The van der Waals surface area contributed by atoms with E-state index in [1.165, 1.54) is 28.8 Å². The molecule has 0 unspecified atom stereocenters. The Balaban J connectivity index is 1.61. The maximum atomic E-state index is 13.2. The number of sulfonamides is 1. The molecule has 1 aromatic carbocycles. The fourth-order valence-electron chi connectivity index (χ4n) is 3.34. The predicted molar refractivity (Wildman–Crippen MR) is 114 cm³/mol. The normalized spacial score (nSPS) is 14.3. The molecule has 0 N–H and O–H groups in total. The zero-order valence-corrected chi connectivity index (χ0v) is 18.6. The average Bonchev–Trinajstić information content (AvgIpc) is 3.48. The number of nitrogens with zero attached hydrogens (tertiary/aromatic N) is 4. The van der Waals surface area contributed by atoms with E-state index in [1.54, 1.807) is 24.0 Å². The number of carbonyl (C=O) groups is 1. The van der Waals surface area contributed by atoms with E-state index in [1.807, 2.05) is 19.1 Å². The van der Waals surface area contributed by atoms with Crippen molar-refractivity contribution in [2.75, 3.05) is 24.4 Å². The summed E-state index contributed by atoms with van der Waals surface area (Å²) >= 11 is 1.25. The third kappa shape index (κ3) is 3.72. The van der Waals surface area contributed by atoms with Gasteiger partial charge < -0.3 is 9.42 Å². The second-order valence-electron chi connectivity index (χ2n) is 7.26. The molecule has 1 aliphatic heterocycles. The molecule has 4 rings (SSSR count). The average molecular weight is 447 g/mol. The van der Waals surface area contributed by atoms with Crippen LogP contribution in [0.2, 0.25) is 0 Å². The number of anilines is 1. The number of aryl methyl sites for hydroxylation is 2. The molecule has 10 heteroatoms. The molecule has 1 aliphatic rings. The molecule has 1 amide bonds. The summed E-state index contributed by atoms with van der Waals surface area (Å²) < 4.78 is 32.8. The van der Waals surface area contributed by atoms with Gasteiger partial charge in [-0.05, 0) is 44.9 Å². The van der Waals surface area contributed by atoms with Gasteiger partial charge in [-0.2, -0.15) is 4.98 Å². The van der Waals surface area contributed by atoms with Crippen LogP contribution < -0.4 is 4.31 Å². The molecular formula is C20H22N4O4S2. The summed E-state index contributed by atoms with van der Waals surface area (Å²) in [4.78, 5) is 19.6. The van der Waals surface area contributed by atoms with Crippen LogP contribution in [0.15, 0.2) is 39.8 Å². The third-order valence-electron chi connectivity index (χ3n) is 5.13. The molecule has 3 heterocycles. The summed E-state index contributed by atoms with van der Waals surface area (Å²) in [7, 11) is -2.24.